The van der Waals surface area contributed by atoms with Gasteiger partial charge in [0.15, 0.2) is 0 Å². The van der Waals surface area contributed by atoms with Crippen molar-refractivity contribution in [1.29, 1.82) is 0 Å². The molecule has 0 atom stereocenters. The van der Waals surface area contributed by atoms with Crippen molar-refractivity contribution in [1.82, 2.24) is 4.98 Å². The Morgan fingerprint density at radius 1 is 1.05 bits per heavy atom. The number of hydrazone groups is 1. The van der Waals surface area contributed by atoms with Gasteiger partial charge in [0, 0.05) is 10.9 Å². The molecular weight excluding hydrogens is 298 g/mol. The third kappa shape index (κ3) is 3.42. The van der Waals surface area contributed by atoms with Gasteiger partial charge in [0.05, 0.1) is 11.9 Å². The van der Waals surface area contributed by atoms with Gasteiger partial charge < -0.3 is 10.2 Å². The maximum atomic E-state index is 9.49. The minimum absolute atomic E-state index is 0.198. The Morgan fingerprint density at radius 2 is 1.82 bits per heavy atom. The van der Waals surface area contributed by atoms with E-state index < -0.39 is 0 Å². The van der Waals surface area contributed by atoms with Gasteiger partial charge in [-0.3, -0.25) is 5.43 Å². The van der Waals surface area contributed by atoms with Gasteiger partial charge in [-0.15, -0.1) is 11.3 Å². The van der Waals surface area contributed by atoms with Gasteiger partial charge in [0.25, 0.3) is 0 Å². The topological polar surface area (TPSA) is 77.7 Å². The van der Waals surface area contributed by atoms with Gasteiger partial charge in [-0.25, -0.2) is 4.98 Å². The van der Waals surface area contributed by atoms with Crippen LogP contribution in [0, 0.1) is 0 Å². The Kier molecular flexibility index (Phi) is 4.02. The van der Waals surface area contributed by atoms with Crippen LogP contribution < -0.4 is 5.43 Å². The molecule has 3 N–H and O–H groups in total. The minimum Gasteiger partial charge on any atom is -0.508 e. The Bertz CT molecular complexity index is 814. The number of phenols is 2. The summed E-state index contributed by atoms with van der Waals surface area (Å²) in [7, 11) is 0. The van der Waals surface area contributed by atoms with Gasteiger partial charge in [-0.2, -0.15) is 5.10 Å². The van der Waals surface area contributed by atoms with E-state index in [2.05, 4.69) is 15.5 Å². The zero-order valence-electron chi connectivity index (χ0n) is 11.5. The van der Waals surface area contributed by atoms with E-state index in [-0.39, 0.29) is 11.5 Å². The van der Waals surface area contributed by atoms with Crippen LogP contribution in [0.2, 0.25) is 0 Å². The highest BCUT2D eigenvalue weighted by Crippen LogP contribution is 2.26. The van der Waals surface area contributed by atoms with Crippen molar-refractivity contribution in [3.05, 3.63) is 59.5 Å². The molecule has 1 heterocycles. The maximum absolute atomic E-state index is 9.49. The van der Waals surface area contributed by atoms with E-state index >= 15 is 0 Å². The van der Waals surface area contributed by atoms with Gasteiger partial charge in [-0.1, -0.05) is 24.3 Å². The number of phenolic OH excluding ortho intramolecular Hbond substituents is 2. The van der Waals surface area contributed by atoms with Crippen molar-refractivity contribution in [2.45, 2.75) is 0 Å². The third-order valence-electron chi connectivity index (χ3n) is 2.89. The molecule has 1 aromatic heterocycles. The van der Waals surface area contributed by atoms with Gasteiger partial charge in [0.2, 0.25) is 5.13 Å². The number of rotatable bonds is 4. The van der Waals surface area contributed by atoms with E-state index in [9.17, 15) is 10.2 Å². The van der Waals surface area contributed by atoms with Crippen LogP contribution >= 0.6 is 11.3 Å². The van der Waals surface area contributed by atoms with Crippen molar-refractivity contribution in [2.24, 2.45) is 5.10 Å². The number of anilines is 1. The van der Waals surface area contributed by atoms with Crippen molar-refractivity contribution in [2.75, 3.05) is 5.43 Å². The Hall–Kier alpha value is -2.86. The van der Waals surface area contributed by atoms with Crippen molar-refractivity contribution >= 4 is 22.7 Å². The van der Waals surface area contributed by atoms with Crippen LogP contribution in [0.15, 0.2) is 59.0 Å². The SMILES string of the molecule is Oc1cccc(C=NNc2nc(-c3cccc(O)c3)cs2)c1. The summed E-state index contributed by atoms with van der Waals surface area (Å²) in [6.45, 7) is 0. The molecule has 0 fully saturated rings. The molecule has 0 aliphatic heterocycles. The van der Waals surface area contributed by atoms with E-state index in [1.165, 1.54) is 11.3 Å². The van der Waals surface area contributed by atoms with E-state index in [0.29, 0.717) is 5.13 Å². The maximum Gasteiger partial charge on any atom is 0.203 e. The lowest BCUT2D eigenvalue weighted by atomic mass is 10.2. The number of nitrogens with zero attached hydrogens (tertiary/aromatic N) is 2. The molecule has 0 bridgehead atoms. The van der Waals surface area contributed by atoms with Crippen LogP contribution in [0.3, 0.4) is 0 Å². The first-order valence-electron chi connectivity index (χ1n) is 6.54. The molecule has 5 nitrogen and oxygen atoms in total. The molecule has 0 aliphatic carbocycles. The molecule has 0 amide bonds. The van der Waals surface area contributed by atoms with Crippen LogP contribution in [0.1, 0.15) is 5.56 Å². The molecule has 0 saturated heterocycles. The smallest absolute Gasteiger partial charge is 0.203 e. The molecule has 3 aromatic rings. The molecule has 22 heavy (non-hydrogen) atoms. The molecule has 0 radical (unpaired) electrons. The Labute approximate surface area is 131 Å². The summed E-state index contributed by atoms with van der Waals surface area (Å²) >= 11 is 1.42. The second-order valence-corrected chi connectivity index (χ2v) is 5.41. The van der Waals surface area contributed by atoms with E-state index in [1.807, 2.05) is 17.5 Å². The van der Waals surface area contributed by atoms with Gasteiger partial charge in [-0.05, 0) is 29.8 Å². The first kappa shape index (κ1) is 14.1. The molecule has 0 spiro atoms. The number of aromatic nitrogens is 1. The third-order valence-corrected chi connectivity index (χ3v) is 3.64. The molecule has 0 aliphatic rings. The number of hydrogen-bond acceptors (Lipinski definition) is 6. The first-order chi connectivity index (χ1) is 10.7. The summed E-state index contributed by atoms with van der Waals surface area (Å²) in [6, 6.07) is 13.7. The minimum atomic E-state index is 0.198. The highest BCUT2D eigenvalue weighted by atomic mass is 32.1. The van der Waals surface area contributed by atoms with Gasteiger partial charge in [0.1, 0.15) is 11.5 Å². The molecular formula is C16H13N3O2S. The summed E-state index contributed by atoms with van der Waals surface area (Å²) in [5.74, 6) is 0.409. The normalized spacial score (nSPS) is 10.9. The monoisotopic (exact) mass is 311 g/mol. The fourth-order valence-electron chi connectivity index (χ4n) is 1.89. The predicted octanol–water partition coefficient (Wildman–Crippen LogP) is 3.67. The molecule has 6 heteroatoms. The average molecular weight is 311 g/mol. The highest BCUT2D eigenvalue weighted by Gasteiger charge is 2.04. The number of benzene rings is 2. The highest BCUT2D eigenvalue weighted by molar-refractivity contribution is 7.14. The van der Waals surface area contributed by atoms with Crippen molar-refractivity contribution in [3.8, 4) is 22.8 Å². The lowest BCUT2D eigenvalue weighted by molar-refractivity contribution is 0.475. The van der Waals surface area contributed by atoms with Crippen LogP contribution in [-0.4, -0.2) is 21.4 Å². The quantitative estimate of drug-likeness (QED) is 0.507. The largest absolute Gasteiger partial charge is 0.508 e. The van der Waals surface area contributed by atoms with Crippen LogP contribution in [-0.2, 0) is 0 Å². The van der Waals surface area contributed by atoms with E-state index in [0.717, 1.165) is 16.8 Å². The fraction of sp³-hybridized carbons (Fsp3) is 0. The average Bonchev–Trinajstić information content (AvgIpc) is 2.96. The first-order valence-corrected chi connectivity index (χ1v) is 7.42. The number of aromatic hydroxyl groups is 2. The zero-order chi connectivity index (χ0) is 15.4. The number of thiazole rings is 1. The summed E-state index contributed by atoms with van der Waals surface area (Å²) in [6.07, 6.45) is 1.61. The summed E-state index contributed by atoms with van der Waals surface area (Å²) < 4.78 is 0. The predicted molar refractivity (Wildman–Crippen MR) is 88.5 cm³/mol. The lowest BCUT2D eigenvalue weighted by Crippen LogP contribution is -1.90. The molecule has 0 unspecified atom stereocenters. The molecule has 2 aromatic carbocycles. The second kappa shape index (κ2) is 6.28. The second-order valence-electron chi connectivity index (χ2n) is 4.55. The lowest BCUT2D eigenvalue weighted by Gasteiger charge is -1.97. The number of nitrogens with one attached hydrogen (secondary N) is 1. The summed E-state index contributed by atoms with van der Waals surface area (Å²) in [4.78, 5) is 4.40. The van der Waals surface area contributed by atoms with Crippen molar-refractivity contribution in [3.63, 3.8) is 0 Å². The molecule has 110 valence electrons. The van der Waals surface area contributed by atoms with Crippen LogP contribution in [0.5, 0.6) is 11.5 Å². The Balaban J connectivity index is 1.69. The summed E-state index contributed by atoms with van der Waals surface area (Å²) in [5, 5.41) is 25.5. The van der Waals surface area contributed by atoms with Crippen molar-refractivity contribution < 1.29 is 10.2 Å². The molecule has 3 rings (SSSR count). The zero-order valence-corrected chi connectivity index (χ0v) is 12.3. The Morgan fingerprint density at radius 3 is 2.59 bits per heavy atom. The van der Waals surface area contributed by atoms with Crippen LogP contribution in [0.25, 0.3) is 11.3 Å². The number of hydrogen-bond donors (Lipinski definition) is 3. The van der Waals surface area contributed by atoms with Crippen LogP contribution in [0.4, 0.5) is 5.13 Å². The standard InChI is InChI=1S/C16H13N3O2S/c20-13-5-1-3-11(7-13)9-17-19-16-18-15(10-22-16)12-4-2-6-14(21)8-12/h1-10,20-21H,(H,18,19). The summed E-state index contributed by atoms with van der Waals surface area (Å²) in [5.41, 5.74) is 5.26. The fourth-order valence-corrected chi connectivity index (χ4v) is 2.56. The van der Waals surface area contributed by atoms with E-state index in [4.69, 9.17) is 0 Å². The van der Waals surface area contributed by atoms with Gasteiger partial charge >= 0.3 is 0 Å². The molecule has 0 saturated carbocycles. The van der Waals surface area contributed by atoms with E-state index in [1.54, 1.807) is 42.6 Å².